The van der Waals surface area contributed by atoms with Gasteiger partial charge in [-0.05, 0) is 49.2 Å². The van der Waals surface area contributed by atoms with Crippen LogP contribution in [0.4, 0.5) is 0 Å². The van der Waals surface area contributed by atoms with Crippen molar-refractivity contribution >= 4 is 17.4 Å². The molecule has 0 saturated heterocycles. The zero-order valence-electron chi connectivity index (χ0n) is 17.7. The zero-order valence-corrected chi connectivity index (χ0v) is 17.7. The third-order valence-electron chi connectivity index (χ3n) is 4.46. The number of carbonyl (C=O) groups is 2. The highest BCUT2D eigenvalue weighted by molar-refractivity contribution is 6.19. The Morgan fingerprint density at radius 1 is 0.839 bits per heavy atom. The molecule has 0 aromatic heterocycles. The maximum absolute atomic E-state index is 13.0. The molecule has 0 fully saturated rings. The van der Waals surface area contributed by atoms with Crippen molar-refractivity contribution < 1.29 is 14.3 Å². The van der Waals surface area contributed by atoms with E-state index >= 15 is 0 Å². The van der Waals surface area contributed by atoms with Crippen LogP contribution in [0, 0.1) is 0 Å². The van der Waals surface area contributed by atoms with E-state index in [4.69, 9.17) is 4.74 Å². The van der Waals surface area contributed by atoms with Crippen LogP contribution in [0.25, 0.3) is 5.57 Å². The molecule has 5 heteroatoms. The van der Waals surface area contributed by atoms with Crippen molar-refractivity contribution in [2.45, 2.75) is 26.5 Å². The van der Waals surface area contributed by atoms with Crippen molar-refractivity contribution in [3.05, 3.63) is 108 Å². The maximum Gasteiger partial charge on any atom is 0.255 e. The topological polar surface area (TPSA) is 67.4 Å². The first kappa shape index (κ1) is 21.8. The molecule has 2 N–H and O–H groups in total. The Morgan fingerprint density at radius 2 is 1.45 bits per heavy atom. The van der Waals surface area contributed by atoms with E-state index in [0.717, 1.165) is 11.3 Å². The molecule has 158 valence electrons. The van der Waals surface area contributed by atoms with Crippen LogP contribution in [-0.2, 0) is 11.3 Å². The summed E-state index contributed by atoms with van der Waals surface area (Å²) in [6.07, 6.45) is 1.51. The van der Waals surface area contributed by atoms with Crippen LogP contribution in [0.3, 0.4) is 0 Å². The molecule has 31 heavy (non-hydrogen) atoms. The van der Waals surface area contributed by atoms with E-state index in [9.17, 15) is 9.59 Å². The van der Waals surface area contributed by atoms with E-state index in [1.165, 1.54) is 6.20 Å². The molecular weight excluding hydrogens is 388 g/mol. The number of hydrogen-bond acceptors (Lipinski definition) is 3. The molecule has 0 saturated carbocycles. The number of carbonyl (C=O) groups excluding carboxylic acids is 2. The van der Waals surface area contributed by atoms with Crippen molar-refractivity contribution in [1.82, 2.24) is 10.6 Å². The molecule has 0 aliphatic rings. The lowest BCUT2D eigenvalue weighted by atomic mass is 10.1. The first-order valence-electron chi connectivity index (χ1n) is 10.2. The van der Waals surface area contributed by atoms with Crippen LogP contribution >= 0.6 is 0 Å². The van der Waals surface area contributed by atoms with Gasteiger partial charge in [0.05, 0.1) is 11.7 Å². The number of benzene rings is 3. The van der Waals surface area contributed by atoms with Gasteiger partial charge in [-0.3, -0.25) is 9.59 Å². The summed E-state index contributed by atoms with van der Waals surface area (Å²) in [5.41, 5.74) is 2.54. The van der Waals surface area contributed by atoms with Crippen molar-refractivity contribution in [2.24, 2.45) is 0 Å². The second-order valence-electron chi connectivity index (χ2n) is 7.26. The molecule has 0 aliphatic heterocycles. The Bertz CT molecular complexity index is 1030. The van der Waals surface area contributed by atoms with Crippen LogP contribution in [0.5, 0.6) is 5.75 Å². The Hall–Kier alpha value is -3.86. The summed E-state index contributed by atoms with van der Waals surface area (Å²) in [6.45, 7) is 4.29. The van der Waals surface area contributed by atoms with Crippen molar-refractivity contribution in [2.75, 3.05) is 0 Å². The lowest BCUT2D eigenvalue weighted by Crippen LogP contribution is -2.26. The summed E-state index contributed by atoms with van der Waals surface area (Å²) >= 11 is 0. The zero-order chi connectivity index (χ0) is 22.1. The van der Waals surface area contributed by atoms with Crippen LogP contribution in [0.1, 0.15) is 35.3 Å². The average Bonchev–Trinajstić information content (AvgIpc) is 2.79. The molecule has 5 nitrogen and oxygen atoms in total. The van der Waals surface area contributed by atoms with Crippen LogP contribution < -0.4 is 15.4 Å². The summed E-state index contributed by atoms with van der Waals surface area (Å²) in [7, 11) is 0. The number of rotatable bonds is 8. The van der Waals surface area contributed by atoms with E-state index in [-0.39, 0.29) is 17.9 Å². The van der Waals surface area contributed by atoms with Crippen molar-refractivity contribution in [3.8, 4) is 5.75 Å². The summed E-state index contributed by atoms with van der Waals surface area (Å²) in [5, 5.41) is 5.65. The molecule has 0 bridgehead atoms. The van der Waals surface area contributed by atoms with Gasteiger partial charge in [0.15, 0.2) is 0 Å². The molecule has 3 aromatic rings. The monoisotopic (exact) mass is 414 g/mol. The van der Waals surface area contributed by atoms with Gasteiger partial charge in [0.25, 0.3) is 11.8 Å². The minimum Gasteiger partial charge on any atom is -0.491 e. The summed E-state index contributed by atoms with van der Waals surface area (Å²) in [5.74, 6) is 0.152. The third-order valence-corrected chi connectivity index (χ3v) is 4.46. The van der Waals surface area contributed by atoms with Gasteiger partial charge in [-0.2, -0.15) is 0 Å². The van der Waals surface area contributed by atoms with Gasteiger partial charge in [0.2, 0.25) is 0 Å². The van der Waals surface area contributed by atoms with E-state index in [1.54, 1.807) is 36.4 Å². The SMILES string of the molecule is CC(C)Oc1ccc(/C(=C\NC(=O)c2ccccc2)C(=O)NCc2ccccc2)cc1. The van der Waals surface area contributed by atoms with Crippen LogP contribution in [0.2, 0.25) is 0 Å². The maximum atomic E-state index is 13.0. The molecule has 3 rings (SSSR count). The highest BCUT2D eigenvalue weighted by Crippen LogP contribution is 2.20. The van der Waals surface area contributed by atoms with Crippen molar-refractivity contribution in [3.63, 3.8) is 0 Å². The first-order chi connectivity index (χ1) is 15.0. The van der Waals surface area contributed by atoms with Crippen LogP contribution in [-0.4, -0.2) is 17.9 Å². The van der Waals surface area contributed by atoms with E-state index in [0.29, 0.717) is 23.2 Å². The molecular formula is C26H26N2O3. The van der Waals surface area contributed by atoms with Gasteiger partial charge in [-0.25, -0.2) is 0 Å². The van der Waals surface area contributed by atoms with Gasteiger partial charge in [0.1, 0.15) is 5.75 Å². The first-order valence-corrected chi connectivity index (χ1v) is 10.2. The summed E-state index contributed by atoms with van der Waals surface area (Å²) in [4.78, 5) is 25.4. The van der Waals surface area contributed by atoms with Crippen LogP contribution in [0.15, 0.2) is 91.1 Å². The Labute approximate surface area is 182 Å². The summed E-state index contributed by atoms with van der Waals surface area (Å²) in [6, 6.07) is 25.8. The molecule has 2 amide bonds. The largest absolute Gasteiger partial charge is 0.491 e. The predicted molar refractivity (Wildman–Crippen MR) is 122 cm³/mol. The molecule has 0 radical (unpaired) electrons. The lowest BCUT2D eigenvalue weighted by Gasteiger charge is -2.13. The second-order valence-corrected chi connectivity index (χ2v) is 7.26. The van der Waals surface area contributed by atoms with Gasteiger partial charge < -0.3 is 15.4 Å². The molecule has 0 unspecified atom stereocenters. The number of hydrogen-bond donors (Lipinski definition) is 2. The predicted octanol–water partition coefficient (Wildman–Crippen LogP) is 4.56. The molecule has 0 spiro atoms. The molecule has 0 aliphatic carbocycles. The Balaban J connectivity index is 1.80. The Kier molecular flexibility index (Phi) is 7.60. The minimum atomic E-state index is -0.284. The summed E-state index contributed by atoms with van der Waals surface area (Å²) < 4.78 is 5.68. The fourth-order valence-electron chi connectivity index (χ4n) is 2.95. The minimum absolute atomic E-state index is 0.0557. The highest BCUT2D eigenvalue weighted by atomic mass is 16.5. The lowest BCUT2D eigenvalue weighted by molar-refractivity contribution is -0.115. The molecule has 0 atom stereocenters. The van der Waals surface area contributed by atoms with Gasteiger partial charge in [-0.15, -0.1) is 0 Å². The Morgan fingerprint density at radius 3 is 2.06 bits per heavy atom. The third kappa shape index (κ3) is 6.57. The van der Waals surface area contributed by atoms with Crippen molar-refractivity contribution in [1.29, 1.82) is 0 Å². The van der Waals surface area contributed by atoms with Gasteiger partial charge in [-0.1, -0.05) is 60.7 Å². The van der Waals surface area contributed by atoms with Gasteiger partial charge in [0, 0.05) is 18.3 Å². The average molecular weight is 415 g/mol. The fraction of sp³-hybridized carbons (Fsp3) is 0.154. The van der Waals surface area contributed by atoms with Gasteiger partial charge >= 0.3 is 0 Å². The normalized spacial score (nSPS) is 11.1. The quantitative estimate of drug-likeness (QED) is 0.531. The fourth-order valence-corrected chi connectivity index (χ4v) is 2.95. The number of ether oxygens (including phenoxy) is 1. The van der Waals surface area contributed by atoms with E-state index < -0.39 is 0 Å². The molecule has 0 heterocycles. The highest BCUT2D eigenvalue weighted by Gasteiger charge is 2.14. The van der Waals surface area contributed by atoms with E-state index in [1.807, 2.05) is 62.4 Å². The van der Waals surface area contributed by atoms with E-state index in [2.05, 4.69) is 10.6 Å². The second kappa shape index (κ2) is 10.8. The number of amides is 2. The number of nitrogens with one attached hydrogen (secondary N) is 2. The smallest absolute Gasteiger partial charge is 0.255 e. The standard InChI is InChI=1S/C26H26N2O3/c1-19(2)31-23-15-13-21(14-16-23)24(18-28-25(29)22-11-7-4-8-12-22)26(30)27-17-20-9-5-3-6-10-20/h3-16,18-19H,17H2,1-2H3,(H,27,30)(H,28,29)/b24-18+. The molecule has 3 aromatic carbocycles.